The maximum atomic E-state index is 11.3. The van der Waals surface area contributed by atoms with E-state index in [0.29, 0.717) is 25.9 Å². The SMILES string of the molecule is CCONC(=O)[C@@H]1CC[C@H](C(=O)O)C1. The number of amides is 1. The highest BCUT2D eigenvalue weighted by atomic mass is 16.6. The van der Waals surface area contributed by atoms with Crippen molar-refractivity contribution in [2.45, 2.75) is 26.2 Å². The van der Waals surface area contributed by atoms with Crippen molar-refractivity contribution in [3.63, 3.8) is 0 Å². The summed E-state index contributed by atoms with van der Waals surface area (Å²) < 4.78 is 0. The maximum absolute atomic E-state index is 11.3. The second kappa shape index (κ2) is 4.95. The fourth-order valence-corrected chi connectivity index (χ4v) is 1.67. The molecule has 1 rings (SSSR count). The zero-order valence-corrected chi connectivity index (χ0v) is 8.16. The average Bonchev–Trinajstić information content (AvgIpc) is 2.62. The first kappa shape index (κ1) is 11.0. The standard InChI is InChI=1S/C9H15NO4/c1-2-14-10-8(11)6-3-4-7(5-6)9(12)13/h6-7H,2-5H2,1H3,(H,10,11)(H,12,13)/t6-,7+/m1/s1. The molecule has 0 aromatic rings. The minimum absolute atomic E-state index is 0.199. The summed E-state index contributed by atoms with van der Waals surface area (Å²) in [6, 6.07) is 0. The van der Waals surface area contributed by atoms with Gasteiger partial charge in [0.1, 0.15) is 0 Å². The third-order valence-electron chi connectivity index (χ3n) is 2.47. The number of hydroxylamine groups is 1. The Morgan fingerprint density at radius 2 is 2.07 bits per heavy atom. The van der Waals surface area contributed by atoms with E-state index in [1.165, 1.54) is 0 Å². The van der Waals surface area contributed by atoms with Gasteiger partial charge in [-0.1, -0.05) is 0 Å². The van der Waals surface area contributed by atoms with Gasteiger partial charge in [-0.2, -0.15) is 0 Å². The van der Waals surface area contributed by atoms with E-state index in [1.807, 2.05) is 0 Å². The van der Waals surface area contributed by atoms with Crippen molar-refractivity contribution in [3.8, 4) is 0 Å². The number of aliphatic carboxylic acids is 1. The van der Waals surface area contributed by atoms with Crippen LogP contribution >= 0.6 is 0 Å². The van der Waals surface area contributed by atoms with Crippen molar-refractivity contribution < 1.29 is 19.5 Å². The molecule has 5 heteroatoms. The van der Waals surface area contributed by atoms with E-state index in [0.717, 1.165) is 0 Å². The Morgan fingerprint density at radius 3 is 2.57 bits per heavy atom. The summed E-state index contributed by atoms with van der Waals surface area (Å²) in [5.41, 5.74) is 2.30. The number of carbonyl (C=O) groups excluding carboxylic acids is 1. The number of rotatable bonds is 4. The maximum Gasteiger partial charge on any atom is 0.306 e. The molecule has 0 saturated heterocycles. The van der Waals surface area contributed by atoms with E-state index >= 15 is 0 Å². The van der Waals surface area contributed by atoms with Crippen LogP contribution in [0.25, 0.3) is 0 Å². The lowest BCUT2D eigenvalue weighted by Crippen LogP contribution is -2.29. The molecule has 0 spiro atoms. The van der Waals surface area contributed by atoms with Gasteiger partial charge in [-0.25, -0.2) is 5.48 Å². The van der Waals surface area contributed by atoms with Gasteiger partial charge in [0.25, 0.3) is 0 Å². The molecule has 0 bridgehead atoms. The molecular formula is C9H15NO4. The number of nitrogens with one attached hydrogen (secondary N) is 1. The lowest BCUT2D eigenvalue weighted by Gasteiger charge is -2.09. The highest BCUT2D eigenvalue weighted by Gasteiger charge is 2.33. The van der Waals surface area contributed by atoms with E-state index in [9.17, 15) is 9.59 Å². The van der Waals surface area contributed by atoms with Gasteiger partial charge in [-0.05, 0) is 26.2 Å². The Labute approximate surface area is 82.4 Å². The molecule has 0 aromatic carbocycles. The molecule has 1 fully saturated rings. The van der Waals surface area contributed by atoms with Gasteiger partial charge in [0, 0.05) is 5.92 Å². The first-order chi connectivity index (χ1) is 6.65. The molecule has 1 saturated carbocycles. The zero-order valence-electron chi connectivity index (χ0n) is 8.16. The summed E-state index contributed by atoms with van der Waals surface area (Å²) in [5, 5.41) is 8.73. The Bertz CT molecular complexity index is 229. The molecule has 0 aliphatic heterocycles. The van der Waals surface area contributed by atoms with Crippen LogP contribution in [0.5, 0.6) is 0 Å². The topological polar surface area (TPSA) is 75.6 Å². The largest absolute Gasteiger partial charge is 0.481 e. The van der Waals surface area contributed by atoms with E-state index in [1.54, 1.807) is 6.92 Å². The number of hydrogen-bond donors (Lipinski definition) is 2. The van der Waals surface area contributed by atoms with Gasteiger partial charge >= 0.3 is 5.97 Å². The molecule has 0 unspecified atom stereocenters. The molecule has 2 N–H and O–H groups in total. The van der Waals surface area contributed by atoms with Crippen LogP contribution in [0.1, 0.15) is 26.2 Å². The summed E-state index contributed by atoms with van der Waals surface area (Å²) in [6.07, 6.45) is 1.64. The summed E-state index contributed by atoms with van der Waals surface area (Å²) in [4.78, 5) is 26.7. The minimum Gasteiger partial charge on any atom is -0.481 e. The number of carboxylic acid groups (broad SMARTS) is 1. The van der Waals surface area contributed by atoms with Crippen LogP contribution in [0.3, 0.4) is 0 Å². The van der Waals surface area contributed by atoms with Gasteiger partial charge in [0.15, 0.2) is 0 Å². The smallest absolute Gasteiger partial charge is 0.306 e. The predicted molar refractivity (Wildman–Crippen MR) is 48.2 cm³/mol. The summed E-state index contributed by atoms with van der Waals surface area (Å²) in [7, 11) is 0. The van der Waals surface area contributed by atoms with E-state index < -0.39 is 5.97 Å². The zero-order chi connectivity index (χ0) is 10.6. The van der Waals surface area contributed by atoms with Crippen LogP contribution in [-0.2, 0) is 14.4 Å². The van der Waals surface area contributed by atoms with Crippen LogP contribution in [0, 0.1) is 11.8 Å². The summed E-state index contributed by atoms with van der Waals surface area (Å²) in [5.74, 6) is -1.58. The predicted octanol–water partition coefficient (Wildman–Crippen LogP) is 0.555. The van der Waals surface area contributed by atoms with E-state index in [4.69, 9.17) is 9.94 Å². The van der Waals surface area contributed by atoms with E-state index in [-0.39, 0.29) is 17.7 Å². The molecule has 0 heterocycles. The number of hydrogen-bond acceptors (Lipinski definition) is 3. The van der Waals surface area contributed by atoms with Crippen molar-refractivity contribution in [2.24, 2.45) is 11.8 Å². The van der Waals surface area contributed by atoms with Crippen molar-refractivity contribution >= 4 is 11.9 Å². The van der Waals surface area contributed by atoms with Crippen molar-refractivity contribution in [1.82, 2.24) is 5.48 Å². The normalized spacial score (nSPS) is 26.1. The monoisotopic (exact) mass is 201 g/mol. The molecular weight excluding hydrogens is 186 g/mol. The Morgan fingerprint density at radius 1 is 1.43 bits per heavy atom. The van der Waals surface area contributed by atoms with Crippen LogP contribution in [0.15, 0.2) is 0 Å². The first-order valence-electron chi connectivity index (χ1n) is 4.79. The fraction of sp³-hybridized carbons (Fsp3) is 0.778. The molecule has 5 nitrogen and oxygen atoms in total. The lowest BCUT2D eigenvalue weighted by molar-refractivity contribution is -0.142. The van der Waals surface area contributed by atoms with Gasteiger partial charge in [-0.3, -0.25) is 14.4 Å². The van der Waals surface area contributed by atoms with E-state index in [2.05, 4.69) is 5.48 Å². The molecule has 80 valence electrons. The van der Waals surface area contributed by atoms with Gasteiger partial charge in [0.05, 0.1) is 12.5 Å². The molecule has 1 aliphatic carbocycles. The molecule has 0 radical (unpaired) electrons. The highest BCUT2D eigenvalue weighted by Crippen LogP contribution is 2.30. The molecule has 1 aliphatic rings. The third-order valence-corrected chi connectivity index (χ3v) is 2.47. The summed E-state index contributed by atoms with van der Waals surface area (Å²) >= 11 is 0. The minimum atomic E-state index is -0.809. The highest BCUT2D eigenvalue weighted by molar-refractivity contribution is 5.79. The summed E-state index contributed by atoms with van der Waals surface area (Å²) in [6.45, 7) is 2.19. The Kier molecular flexibility index (Phi) is 3.88. The number of carboxylic acids is 1. The van der Waals surface area contributed by atoms with Crippen molar-refractivity contribution in [3.05, 3.63) is 0 Å². The third kappa shape index (κ3) is 2.70. The Balaban J connectivity index is 2.34. The molecule has 1 amide bonds. The van der Waals surface area contributed by atoms with Crippen molar-refractivity contribution in [1.29, 1.82) is 0 Å². The van der Waals surface area contributed by atoms with Crippen LogP contribution in [0.4, 0.5) is 0 Å². The molecule has 2 atom stereocenters. The second-order valence-corrected chi connectivity index (χ2v) is 3.44. The molecule has 0 aromatic heterocycles. The quantitative estimate of drug-likeness (QED) is 0.651. The van der Waals surface area contributed by atoms with Crippen LogP contribution in [-0.4, -0.2) is 23.6 Å². The second-order valence-electron chi connectivity index (χ2n) is 3.44. The molecule has 14 heavy (non-hydrogen) atoms. The first-order valence-corrected chi connectivity index (χ1v) is 4.79. The van der Waals surface area contributed by atoms with Gasteiger partial charge in [-0.15, -0.1) is 0 Å². The van der Waals surface area contributed by atoms with Crippen LogP contribution in [0.2, 0.25) is 0 Å². The van der Waals surface area contributed by atoms with Gasteiger partial charge in [0.2, 0.25) is 5.91 Å². The average molecular weight is 201 g/mol. The van der Waals surface area contributed by atoms with Gasteiger partial charge < -0.3 is 5.11 Å². The number of carbonyl (C=O) groups is 2. The van der Waals surface area contributed by atoms with Crippen molar-refractivity contribution in [2.75, 3.05) is 6.61 Å². The Hall–Kier alpha value is -1.10. The van der Waals surface area contributed by atoms with Crippen LogP contribution < -0.4 is 5.48 Å². The fourth-order valence-electron chi connectivity index (χ4n) is 1.67. The lowest BCUT2D eigenvalue weighted by atomic mass is 10.1.